The number of hydrogen-bond acceptors (Lipinski definition) is 2. The molecule has 122 valence electrons. The van der Waals surface area contributed by atoms with E-state index in [0.29, 0.717) is 30.3 Å². The van der Waals surface area contributed by atoms with E-state index in [1.807, 2.05) is 0 Å². The smallest absolute Gasteiger partial charge is 0.220 e. The molecule has 3 N–H and O–H groups in total. The summed E-state index contributed by atoms with van der Waals surface area (Å²) in [7, 11) is 0. The SMILES string of the molecule is CC(C)C1CCCCC1NC(=O)CCC1CCC(N)CC1. The van der Waals surface area contributed by atoms with Gasteiger partial charge < -0.3 is 11.1 Å². The summed E-state index contributed by atoms with van der Waals surface area (Å²) in [6.07, 6.45) is 11.5. The van der Waals surface area contributed by atoms with Crippen molar-refractivity contribution in [1.29, 1.82) is 0 Å². The highest BCUT2D eigenvalue weighted by Crippen LogP contribution is 2.31. The molecule has 0 bridgehead atoms. The summed E-state index contributed by atoms with van der Waals surface area (Å²) in [5.41, 5.74) is 5.94. The molecule has 0 aliphatic heterocycles. The predicted octanol–water partition coefficient (Wildman–Crippen LogP) is 3.62. The van der Waals surface area contributed by atoms with Crippen molar-refractivity contribution in [2.45, 2.75) is 90.1 Å². The van der Waals surface area contributed by atoms with E-state index in [4.69, 9.17) is 5.73 Å². The van der Waals surface area contributed by atoms with E-state index in [1.165, 1.54) is 38.5 Å². The summed E-state index contributed by atoms with van der Waals surface area (Å²) < 4.78 is 0. The van der Waals surface area contributed by atoms with Gasteiger partial charge in [0.1, 0.15) is 0 Å². The van der Waals surface area contributed by atoms with Crippen LogP contribution in [0.25, 0.3) is 0 Å². The van der Waals surface area contributed by atoms with E-state index in [1.54, 1.807) is 0 Å². The minimum Gasteiger partial charge on any atom is -0.353 e. The minimum absolute atomic E-state index is 0.280. The zero-order valence-corrected chi connectivity index (χ0v) is 13.9. The zero-order valence-electron chi connectivity index (χ0n) is 13.9. The quantitative estimate of drug-likeness (QED) is 0.813. The second-order valence-electron chi connectivity index (χ2n) is 7.69. The van der Waals surface area contributed by atoms with Crippen molar-refractivity contribution < 1.29 is 4.79 Å². The van der Waals surface area contributed by atoms with Crippen LogP contribution in [0.3, 0.4) is 0 Å². The van der Waals surface area contributed by atoms with Crippen LogP contribution in [0.1, 0.15) is 78.1 Å². The average molecular weight is 294 g/mol. The summed E-state index contributed by atoms with van der Waals surface area (Å²) >= 11 is 0. The molecule has 0 aromatic rings. The molecular formula is C18H34N2O. The highest BCUT2D eigenvalue weighted by Gasteiger charge is 2.28. The van der Waals surface area contributed by atoms with Crippen molar-refractivity contribution in [3.8, 4) is 0 Å². The topological polar surface area (TPSA) is 55.1 Å². The van der Waals surface area contributed by atoms with Crippen LogP contribution < -0.4 is 11.1 Å². The van der Waals surface area contributed by atoms with Crippen molar-refractivity contribution in [3.05, 3.63) is 0 Å². The Kier molecular flexibility index (Phi) is 6.53. The Bertz CT molecular complexity index is 321. The third-order valence-corrected chi connectivity index (χ3v) is 5.69. The molecule has 2 aliphatic rings. The lowest BCUT2D eigenvalue weighted by Crippen LogP contribution is -2.44. The highest BCUT2D eigenvalue weighted by atomic mass is 16.1. The Morgan fingerprint density at radius 2 is 1.76 bits per heavy atom. The monoisotopic (exact) mass is 294 g/mol. The van der Waals surface area contributed by atoms with Gasteiger partial charge >= 0.3 is 0 Å². The summed E-state index contributed by atoms with van der Waals surface area (Å²) in [6.45, 7) is 4.58. The number of hydrogen-bond donors (Lipinski definition) is 2. The maximum Gasteiger partial charge on any atom is 0.220 e. The summed E-state index contributed by atoms with van der Waals surface area (Å²) in [4.78, 5) is 12.3. The van der Waals surface area contributed by atoms with Gasteiger partial charge in [0.2, 0.25) is 5.91 Å². The van der Waals surface area contributed by atoms with E-state index in [0.717, 1.165) is 25.2 Å². The van der Waals surface area contributed by atoms with Crippen LogP contribution in [0.4, 0.5) is 0 Å². The Labute approximate surface area is 130 Å². The zero-order chi connectivity index (χ0) is 15.2. The van der Waals surface area contributed by atoms with Gasteiger partial charge in [0, 0.05) is 18.5 Å². The Hall–Kier alpha value is -0.570. The van der Waals surface area contributed by atoms with E-state index in [9.17, 15) is 4.79 Å². The second-order valence-corrected chi connectivity index (χ2v) is 7.69. The molecule has 1 amide bonds. The lowest BCUT2D eigenvalue weighted by atomic mass is 9.77. The number of rotatable bonds is 5. The van der Waals surface area contributed by atoms with Crippen molar-refractivity contribution >= 4 is 5.91 Å². The van der Waals surface area contributed by atoms with E-state index in [-0.39, 0.29) is 5.91 Å². The fourth-order valence-corrected chi connectivity index (χ4v) is 4.23. The van der Waals surface area contributed by atoms with Gasteiger partial charge in [-0.1, -0.05) is 26.7 Å². The number of carbonyl (C=O) groups is 1. The van der Waals surface area contributed by atoms with Crippen molar-refractivity contribution in [2.24, 2.45) is 23.5 Å². The first-order valence-electron chi connectivity index (χ1n) is 9.11. The van der Waals surface area contributed by atoms with Crippen LogP contribution in [0.5, 0.6) is 0 Å². The molecule has 3 heteroatoms. The molecule has 2 aliphatic carbocycles. The van der Waals surface area contributed by atoms with Crippen LogP contribution in [-0.4, -0.2) is 18.0 Å². The van der Waals surface area contributed by atoms with Gasteiger partial charge in [0.05, 0.1) is 0 Å². The van der Waals surface area contributed by atoms with Gasteiger partial charge in [-0.05, 0) is 62.7 Å². The van der Waals surface area contributed by atoms with Gasteiger partial charge in [0.15, 0.2) is 0 Å². The second kappa shape index (κ2) is 8.17. The molecule has 0 spiro atoms. The van der Waals surface area contributed by atoms with Gasteiger partial charge in [-0.15, -0.1) is 0 Å². The number of nitrogens with two attached hydrogens (primary N) is 1. The lowest BCUT2D eigenvalue weighted by molar-refractivity contribution is -0.122. The largest absolute Gasteiger partial charge is 0.353 e. The van der Waals surface area contributed by atoms with Gasteiger partial charge in [-0.3, -0.25) is 4.79 Å². The normalized spacial score (nSPS) is 33.9. The Morgan fingerprint density at radius 1 is 1.10 bits per heavy atom. The molecule has 21 heavy (non-hydrogen) atoms. The minimum atomic E-state index is 0.280. The first kappa shape index (κ1) is 16.8. The molecule has 0 heterocycles. The van der Waals surface area contributed by atoms with Crippen molar-refractivity contribution in [3.63, 3.8) is 0 Å². The third-order valence-electron chi connectivity index (χ3n) is 5.69. The number of amides is 1. The molecule has 0 radical (unpaired) electrons. The molecule has 0 aromatic carbocycles. The molecule has 2 fully saturated rings. The molecule has 0 saturated heterocycles. The molecule has 2 unspecified atom stereocenters. The summed E-state index contributed by atoms with van der Waals surface area (Å²) in [5, 5.41) is 3.34. The number of nitrogens with one attached hydrogen (secondary N) is 1. The van der Waals surface area contributed by atoms with E-state index >= 15 is 0 Å². The molecule has 2 rings (SSSR count). The standard InChI is InChI=1S/C18H34N2O/c1-13(2)16-5-3-4-6-17(16)20-18(21)12-9-14-7-10-15(19)11-8-14/h13-17H,3-12,19H2,1-2H3,(H,20,21). The fraction of sp³-hybridized carbons (Fsp3) is 0.944. The lowest BCUT2D eigenvalue weighted by Gasteiger charge is -2.35. The maximum atomic E-state index is 12.3. The average Bonchev–Trinajstić information content (AvgIpc) is 2.47. The molecule has 2 atom stereocenters. The van der Waals surface area contributed by atoms with Gasteiger partial charge in [0.25, 0.3) is 0 Å². The van der Waals surface area contributed by atoms with Gasteiger partial charge in [-0.25, -0.2) is 0 Å². The third kappa shape index (κ3) is 5.28. The summed E-state index contributed by atoms with van der Waals surface area (Å²) in [6, 6.07) is 0.829. The Balaban J connectivity index is 1.70. The van der Waals surface area contributed by atoms with Crippen molar-refractivity contribution in [1.82, 2.24) is 5.32 Å². The van der Waals surface area contributed by atoms with E-state index < -0.39 is 0 Å². The van der Waals surface area contributed by atoms with Crippen molar-refractivity contribution in [2.75, 3.05) is 0 Å². The fourth-order valence-electron chi connectivity index (χ4n) is 4.23. The first-order chi connectivity index (χ1) is 10.1. The summed E-state index contributed by atoms with van der Waals surface area (Å²) in [5.74, 6) is 2.36. The van der Waals surface area contributed by atoms with Crippen LogP contribution in [0.15, 0.2) is 0 Å². The molecular weight excluding hydrogens is 260 g/mol. The maximum absolute atomic E-state index is 12.3. The van der Waals surface area contributed by atoms with Crippen LogP contribution in [0.2, 0.25) is 0 Å². The van der Waals surface area contributed by atoms with Gasteiger partial charge in [-0.2, -0.15) is 0 Å². The van der Waals surface area contributed by atoms with Crippen LogP contribution >= 0.6 is 0 Å². The molecule has 3 nitrogen and oxygen atoms in total. The molecule has 0 aromatic heterocycles. The number of carbonyl (C=O) groups excluding carboxylic acids is 1. The predicted molar refractivity (Wildman–Crippen MR) is 87.9 cm³/mol. The van der Waals surface area contributed by atoms with Crippen LogP contribution in [0, 0.1) is 17.8 Å². The highest BCUT2D eigenvalue weighted by molar-refractivity contribution is 5.76. The van der Waals surface area contributed by atoms with E-state index in [2.05, 4.69) is 19.2 Å². The first-order valence-corrected chi connectivity index (χ1v) is 9.11. The van der Waals surface area contributed by atoms with Crippen LogP contribution in [-0.2, 0) is 4.79 Å². The molecule has 2 saturated carbocycles. The Morgan fingerprint density at radius 3 is 2.43 bits per heavy atom.